The molecule has 1 aromatic carbocycles. The van der Waals surface area contributed by atoms with Gasteiger partial charge >= 0.3 is 0 Å². The number of benzene rings is 1. The summed E-state index contributed by atoms with van der Waals surface area (Å²) in [5.74, 6) is 0.704. The molecule has 1 saturated carbocycles. The molecular formula is C15H22FNO. The molecule has 0 amide bonds. The Hall–Kier alpha value is -1.09. The van der Waals surface area contributed by atoms with Crippen LogP contribution in [0.15, 0.2) is 18.2 Å². The Morgan fingerprint density at radius 3 is 2.78 bits per heavy atom. The molecule has 0 radical (unpaired) electrons. The van der Waals surface area contributed by atoms with E-state index in [0.717, 1.165) is 30.6 Å². The average Bonchev–Trinajstić information content (AvgIpc) is 2.32. The van der Waals surface area contributed by atoms with Crippen LogP contribution in [0, 0.1) is 11.2 Å². The summed E-state index contributed by atoms with van der Waals surface area (Å²) in [7, 11) is 1.62. The van der Waals surface area contributed by atoms with Crippen LogP contribution in [0.5, 0.6) is 5.75 Å². The highest BCUT2D eigenvalue weighted by Crippen LogP contribution is 2.45. The van der Waals surface area contributed by atoms with Crippen molar-refractivity contribution in [1.82, 2.24) is 0 Å². The summed E-state index contributed by atoms with van der Waals surface area (Å²) in [4.78, 5) is 0. The molecule has 0 bridgehead atoms. The van der Waals surface area contributed by atoms with Crippen molar-refractivity contribution < 1.29 is 9.13 Å². The first kappa shape index (κ1) is 13.3. The van der Waals surface area contributed by atoms with E-state index in [9.17, 15) is 4.39 Å². The van der Waals surface area contributed by atoms with E-state index in [1.807, 2.05) is 0 Å². The van der Waals surface area contributed by atoms with Gasteiger partial charge in [-0.15, -0.1) is 0 Å². The molecule has 2 nitrogen and oxygen atoms in total. The Bertz CT molecular complexity index is 431. The molecule has 2 atom stereocenters. The van der Waals surface area contributed by atoms with Gasteiger partial charge in [0, 0.05) is 17.5 Å². The number of nitrogens with two attached hydrogens (primary N) is 1. The fourth-order valence-electron chi connectivity index (χ4n) is 2.94. The zero-order valence-electron chi connectivity index (χ0n) is 11.4. The summed E-state index contributed by atoms with van der Waals surface area (Å²) in [6.07, 6.45) is 3.09. The van der Waals surface area contributed by atoms with E-state index in [1.165, 1.54) is 6.07 Å². The maximum atomic E-state index is 13.5. The van der Waals surface area contributed by atoms with Crippen LogP contribution in [0.2, 0.25) is 0 Å². The Labute approximate surface area is 108 Å². The van der Waals surface area contributed by atoms with Gasteiger partial charge < -0.3 is 10.5 Å². The second-order valence-electron chi connectivity index (χ2n) is 6.06. The normalized spacial score (nSPS) is 26.9. The van der Waals surface area contributed by atoms with Crippen LogP contribution in [0.4, 0.5) is 4.39 Å². The predicted octanol–water partition coefficient (Wildman–Crippen LogP) is 3.46. The number of hydrogen-bond acceptors (Lipinski definition) is 2. The van der Waals surface area contributed by atoms with Gasteiger partial charge in [-0.25, -0.2) is 4.39 Å². The van der Waals surface area contributed by atoms with E-state index in [0.29, 0.717) is 0 Å². The van der Waals surface area contributed by atoms with E-state index < -0.39 is 0 Å². The van der Waals surface area contributed by atoms with Gasteiger partial charge in [-0.3, -0.25) is 0 Å². The van der Waals surface area contributed by atoms with Crippen molar-refractivity contribution in [2.24, 2.45) is 11.1 Å². The van der Waals surface area contributed by atoms with Gasteiger partial charge in [-0.05, 0) is 42.9 Å². The first-order valence-corrected chi connectivity index (χ1v) is 6.52. The molecule has 1 fully saturated rings. The third-order valence-electron chi connectivity index (χ3n) is 4.03. The predicted molar refractivity (Wildman–Crippen MR) is 71.3 cm³/mol. The average molecular weight is 251 g/mol. The first-order valence-electron chi connectivity index (χ1n) is 6.52. The van der Waals surface area contributed by atoms with Crippen molar-refractivity contribution >= 4 is 0 Å². The first-order chi connectivity index (χ1) is 8.43. The van der Waals surface area contributed by atoms with Crippen molar-refractivity contribution in [3.8, 4) is 5.75 Å². The lowest BCUT2D eigenvalue weighted by Crippen LogP contribution is -2.37. The van der Waals surface area contributed by atoms with Crippen LogP contribution in [0.1, 0.15) is 44.6 Å². The zero-order chi connectivity index (χ0) is 13.3. The van der Waals surface area contributed by atoms with Crippen LogP contribution in [0.25, 0.3) is 0 Å². The topological polar surface area (TPSA) is 35.2 Å². The Balaban J connectivity index is 2.36. The Kier molecular flexibility index (Phi) is 3.62. The van der Waals surface area contributed by atoms with Gasteiger partial charge in [-0.1, -0.05) is 13.8 Å². The summed E-state index contributed by atoms with van der Waals surface area (Å²) >= 11 is 0. The van der Waals surface area contributed by atoms with E-state index in [2.05, 4.69) is 13.8 Å². The van der Waals surface area contributed by atoms with Crippen molar-refractivity contribution in [3.05, 3.63) is 29.6 Å². The molecular weight excluding hydrogens is 229 g/mol. The summed E-state index contributed by atoms with van der Waals surface area (Å²) in [5.41, 5.74) is 7.40. The third-order valence-corrected chi connectivity index (χ3v) is 4.03. The van der Waals surface area contributed by atoms with Crippen LogP contribution in [0.3, 0.4) is 0 Å². The molecule has 0 aromatic heterocycles. The van der Waals surface area contributed by atoms with Gasteiger partial charge in [0.25, 0.3) is 0 Å². The minimum Gasteiger partial charge on any atom is -0.496 e. The van der Waals surface area contributed by atoms with Gasteiger partial charge in [0.15, 0.2) is 0 Å². The lowest BCUT2D eigenvalue weighted by molar-refractivity contribution is 0.196. The number of rotatable bonds is 2. The summed E-state index contributed by atoms with van der Waals surface area (Å²) in [6.45, 7) is 4.50. The van der Waals surface area contributed by atoms with E-state index in [1.54, 1.807) is 19.2 Å². The van der Waals surface area contributed by atoms with Crippen molar-refractivity contribution in [3.63, 3.8) is 0 Å². The third kappa shape index (κ3) is 2.66. The lowest BCUT2D eigenvalue weighted by atomic mass is 9.68. The molecule has 2 rings (SSSR count). The molecule has 2 N–H and O–H groups in total. The SMILES string of the molecule is COc1ccc(F)cc1C1CC(C)(C)CCC1N. The summed E-state index contributed by atoms with van der Waals surface area (Å²) in [6, 6.07) is 4.79. The minimum absolute atomic E-state index is 0.0914. The number of methoxy groups -OCH3 is 1. The standard InChI is InChI=1S/C15H22FNO/c1-15(2)7-6-13(17)12(9-15)11-8-10(16)4-5-14(11)18-3/h4-5,8,12-13H,6-7,9,17H2,1-3H3. The van der Waals surface area contributed by atoms with E-state index in [-0.39, 0.29) is 23.2 Å². The molecule has 1 aliphatic rings. The molecule has 0 aliphatic heterocycles. The monoisotopic (exact) mass is 251 g/mol. The highest BCUT2D eigenvalue weighted by Gasteiger charge is 2.35. The molecule has 0 saturated heterocycles. The molecule has 100 valence electrons. The second kappa shape index (κ2) is 4.88. The molecule has 1 aliphatic carbocycles. The van der Waals surface area contributed by atoms with E-state index >= 15 is 0 Å². The maximum absolute atomic E-state index is 13.5. The summed E-state index contributed by atoms with van der Waals surface area (Å²) < 4.78 is 18.8. The number of hydrogen-bond donors (Lipinski definition) is 1. The van der Waals surface area contributed by atoms with Crippen LogP contribution in [-0.2, 0) is 0 Å². The summed E-state index contributed by atoms with van der Waals surface area (Å²) in [5, 5.41) is 0. The van der Waals surface area contributed by atoms with Gasteiger partial charge in [0.1, 0.15) is 11.6 Å². The highest BCUT2D eigenvalue weighted by atomic mass is 19.1. The van der Waals surface area contributed by atoms with Crippen LogP contribution in [-0.4, -0.2) is 13.2 Å². The Morgan fingerprint density at radius 1 is 1.39 bits per heavy atom. The fraction of sp³-hybridized carbons (Fsp3) is 0.600. The second-order valence-corrected chi connectivity index (χ2v) is 6.06. The molecule has 0 spiro atoms. The van der Waals surface area contributed by atoms with Gasteiger partial charge in [0.05, 0.1) is 7.11 Å². The molecule has 3 heteroatoms. The fourth-order valence-corrected chi connectivity index (χ4v) is 2.94. The maximum Gasteiger partial charge on any atom is 0.123 e. The molecule has 0 heterocycles. The van der Waals surface area contributed by atoms with Crippen LogP contribution < -0.4 is 10.5 Å². The largest absolute Gasteiger partial charge is 0.496 e. The zero-order valence-corrected chi connectivity index (χ0v) is 11.4. The quantitative estimate of drug-likeness (QED) is 0.873. The Morgan fingerprint density at radius 2 is 2.11 bits per heavy atom. The van der Waals surface area contributed by atoms with Crippen molar-refractivity contribution in [2.45, 2.75) is 45.1 Å². The molecule has 18 heavy (non-hydrogen) atoms. The molecule has 2 unspecified atom stereocenters. The van der Waals surface area contributed by atoms with Gasteiger partial charge in [-0.2, -0.15) is 0 Å². The van der Waals surface area contributed by atoms with Crippen LogP contribution >= 0.6 is 0 Å². The van der Waals surface area contributed by atoms with Crippen molar-refractivity contribution in [1.29, 1.82) is 0 Å². The van der Waals surface area contributed by atoms with E-state index in [4.69, 9.17) is 10.5 Å². The highest BCUT2D eigenvalue weighted by molar-refractivity contribution is 5.38. The number of ether oxygens (including phenoxy) is 1. The minimum atomic E-state index is -0.221. The molecule has 1 aromatic rings. The van der Waals surface area contributed by atoms with Gasteiger partial charge in [0.2, 0.25) is 0 Å². The lowest BCUT2D eigenvalue weighted by Gasteiger charge is -2.39. The number of halogens is 1. The smallest absolute Gasteiger partial charge is 0.123 e. The van der Waals surface area contributed by atoms with Crippen molar-refractivity contribution in [2.75, 3.05) is 7.11 Å².